The summed E-state index contributed by atoms with van der Waals surface area (Å²) >= 11 is 1.55. The topological polar surface area (TPSA) is 38.2 Å². The molecule has 0 saturated carbocycles. The fourth-order valence-corrected chi connectivity index (χ4v) is 4.32. The molecule has 0 spiro atoms. The van der Waals surface area contributed by atoms with Gasteiger partial charge in [-0.3, -0.25) is 0 Å². The maximum atomic E-state index is 6.10. The molecule has 3 heterocycles. The highest BCUT2D eigenvalue weighted by Crippen LogP contribution is 2.37. The molecular weight excluding hydrogens is 282 g/mol. The highest BCUT2D eigenvalue weighted by atomic mass is 32.1. The zero-order valence-electron chi connectivity index (χ0n) is 12.1. The molecule has 2 saturated heterocycles. The predicted molar refractivity (Wildman–Crippen MR) is 83.6 cm³/mol. The first-order valence-corrected chi connectivity index (χ1v) is 8.39. The van der Waals surface area contributed by atoms with Crippen molar-refractivity contribution >= 4 is 11.3 Å². The summed E-state index contributed by atoms with van der Waals surface area (Å²) in [4.78, 5) is 2.52. The first kappa shape index (κ1) is 13.2. The van der Waals surface area contributed by atoms with Gasteiger partial charge in [0.25, 0.3) is 5.19 Å². The van der Waals surface area contributed by atoms with Crippen LogP contribution >= 0.6 is 11.3 Å². The van der Waals surface area contributed by atoms with E-state index in [9.17, 15) is 0 Å². The highest BCUT2D eigenvalue weighted by Gasteiger charge is 2.39. The minimum atomic E-state index is 0.301. The molecular formula is C16H19N3OS. The summed E-state index contributed by atoms with van der Waals surface area (Å²) in [5, 5.41) is 10.1. The Hall–Kier alpha value is -1.46. The van der Waals surface area contributed by atoms with Gasteiger partial charge in [-0.05, 0) is 32.7 Å². The summed E-state index contributed by atoms with van der Waals surface area (Å²) in [7, 11) is 2.25. The fraction of sp³-hybridized carbons (Fsp3) is 0.500. The van der Waals surface area contributed by atoms with Crippen molar-refractivity contribution in [1.82, 2.24) is 15.1 Å². The molecule has 2 fully saturated rings. The van der Waals surface area contributed by atoms with E-state index in [2.05, 4.69) is 34.3 Å². The van der Waals surface area contributed by atoms with Crippen LogP contribution in [0.5, 0.6) is 5.19 Å². The van der Waals surface area contributed by atoms with Gasteiger partial charge >= 0.3 is 0 Å². The molecule has 0 amide bonds. The van der Waals surface area contributed by atoms with Crippen LogP contribution < -0.4 is 4.74 Å². The minimum absolute atomic E-state index is 0.301. The van der Waals surface area contributed by atoms with Crippen molar-refractivity contribution in [1.29, 1.82) is 0 Å². The van der Waals surface area contributed by atoms with Crippen LogP contribution in [0.3, 0.4) is 0 Å². The number of benzene rings is 1. The van der Waals surface area contributed by atoms with E-state index in [0.29, 0.717) is 23.4 Å². The summed E-state index contributed by atoms with van der Waals surface area (Å²) in [6, 6.07) is 11.5. The van der Waals surface area contributed by atoms with Crippen LogP contribution in [0.1, 0.15) is 25.7 Å². The lowest BCUT2D eigenvalue weighted by Crippen LogP contribution is -2.43. The third-order valence-corrected chi connectivity index (χ3v) is 5.61. The van der Waals surface area contributed by atoms with E-state index in [1.165, 1.54) is 12.8 Å². The molecule has 4 nitrogen and oxygen atoms in total. The van der Waals surface area contributed by atoms with Crippen molar-refractivity contribution in [3.05, 3.63) is 30.3 Å². The van der Waals surface area contributed by atoms with E-state index in [1.54, 1.807) is 11.3 Å². The summed E-state index contributed by atoms with van der Waals surface area (Å²) in [6.07, 6.45) is 5.16. The lowest BCUT2D eigenvalue weighted by atomic mass is 10.0. The summed E-state index contributed by atoms with van der Waals surface area (Å²) < 4.78 is 6.10. The van der Waals surface area contributed by atoms with Crippen LogP contribution in [-0.4, -0.2) is 40.3 Å². The van der Waals surface area contributed by atoms with E-state index < -0.39 is 0 Å². The van der Waals surface area contributed by atoms with Crippen LogP contribution in [0.4, 0.5) is 0 Å². The van der Waals surface area contributed by atoms with Gasteiger partial charge in [-0.25, -0.2) is 0 Å². The largest absolute Gasteiger partial charge is 0.465 e. The molecule has 4 rings (SSSR count). The quantitative estimate of drug-likeness (QED) is 0.872. The molecule has 21 heavy (non-hydrogen) atoms. The Kier molecular flexibility index (Phi) is 3.39. The number of nitrogens with zero attached hydrogens (tertiary/aromatic N) is 3. The van der Waals surface area contributed by atoms with Crippen molar-refractivity contribution in [3.63, 3.8) is 0 Å². The zero-order chi connectivity index (χ0) is 14.2. The Morgan fingerprint density at radius 2 is 1.81 bits per heavy atom. The molecule has 1 aromatic heterocycles. The van der Waals surface area contributed by atoms with Crippen LogP contribution in [0.25, 0.3) is 10.6 Å². The molecule has 0 radical (unpaired) electrons. The zero-order valence-corrected chi connectivity index (χ0v) is 12.9. The van der Waals surface area contributed by atoms with Gasteiger partial charge < -0.3 is 9.64 Å². The number of hydrogen-bond acceptors (Lipinski definition) is 5. The number of hydrogen-bond donors (Lipinski definition) is 0. The Bertz CT molecular complexity index is 601. The molecule has 2 unspecified atom stereocenters. The molecule has 5 heteroatoms. The summed E-state index contributed by atoms with van der Waals surface area (Å²) in [6.45, 7) is 0. The second-order valence-corrected chi connectivity index (χ2v) is 6.94. The smallest absolute Gasteiger partial charge is 0.294 e. The molecule has 1 aromatic carbocycles. The molecule has 0 N–H and O–H groups in total. The van der Waals surface area contributed by atoms with E-state index in [4.69, 9.17) is 4.74 Å². The maximum Gasteiger partial charge on any atom is 0.294 e. The Labute approximate surface area is 128 Å². The van der Waals surface area contributed by atoms with Crippen molar-refractivity contribution in [2.75, 3.05) is 7.05 Å². The van der Waals surface area contributed by atoms with Crippen LogP contribution in [0, 0.1) is 0 Å². The van der Waals surface area contributed by atoms with Crippen molar-refractivity contribution < 1.29 is 4.74 Å². The van der Waals surface area contributed by atoms with E-state index in [-0.39, 0.29) is 0 Å². The fourth-order valence-electron chi connectivity index (χ4n) is 3.56. The van der Waals surface area contributed by atoms with Crippen molar-refractivity contribution in [3.8, 4) is 15.8 Å². The number of ether oxygens (including phenoxy) is 1. The van der Waals surface area contributed by atoms with E-state index in [0.717, 1.165) is 23.4 Å². The second kappa shape index (κ2) is 5.39. The number of piperidine rings is 1. The van der Waals surface area contributed by atoms with Gasteiger partial charge in [0.2, 0.25) is 0 Å². The standard InChI is InChI=1S/C16H19N3OS/c1-19-12-7-8-13(19)10-14(9-12)20-16-18-17-15(21-16)11-5-3-2-4-6-11/h2-6,12-14H,7-10H2,1H3. The molecule has 2 aliphatic heterocycles. The Balaban J connectivity index is 1.45. The lowest BCUT2D eigenvalue weighted by Gasteiger charge is -2.35. The second-order valence-electron chi connectivity index (χ2n) is 6.00. The first-order valence-electron chi connectivity index (χ1n) is 7.57. The average molecular weight is 301 g/mol. The van der Waals surface area contributed by atoms with Crippen molar-refractivity contribution in [2.24, 2.45) is 0 Å². The van der Waals surface area contributed by atoms with Crippen LogP contribution in [0.2, 0.25) is 0 Å². The molecule has 2 aromatic rings. The monoisotopic (exact) mass is 301 g/mol. The van der Waals surface area contributed by atoms with Gasteiger partial charge in [-0.2, -0.15) is 0 Å². The van der Waals surface area contributed by atoms with Gasteiger partial charge in [0, 0.05) is 17.6 Å². The van der Waals surface area contributed by atoms with Crippen molar-refractivity contribution in [2.45, 2.75) is 43.9 Å². The third-order valence-electron chi connectivity index (χ3n) is 4.75. The van der Waals surface area contributed by atoms with Gasteiger partial charge in [-0.1, -0.05) is 46.8 Å². The molecule has 0 aliphatic carbocycles. The highest BCUT2D eigenvalue weighted by molar-refractivity contribution is 7.16. The van der Waals surface area contributed by atoms with Gasteiger partial charge in [0.15, 0.2) is 5.01 Å². The Morgan fingerprint density at radius 1 is 1.10 bits per heavy atom. The Morgan fingerprint density at radius 3 is 2.52 bits per heavy atom. The average Bonchev–Trinajstić information content (AvgIpc) is 3.03. The minimum Gasteiger partial charge on any atom is -0.465 e. The number of aromatic nitrogens is 2. The van der Waals surface area contributed by atoms with E-state index in [1.807, 2.05) is 18.2 Å². The SMILES string of the molecule is CN1C2CCC1CC(Oc1nnc(-c3ccccc3)s1)C2. The van der Waals surface area contributed by atoms with Crippen LogP contribution in [0.15, 0.2) is 30.3 Å². The summed E-state index contributed by atoms with van der Waals surface area (Å²) in [5.41, 5.74) is 1.10. The van der Waals surface area contributed by atoms with Gasteiger partial charge in [0.05, 0.1) is 0 Å². The van der Waals surface area contributed by atoms with Gasteiger partial charge in [0.1, 0.15) is 6.10 Å². The molecule has 2 bridgehead atoms. The lowest BCUT2D eigenvalue weighted by molar-refractivity contribution is 0.0655. The van der Waals surface area contributed by atoms with Gasteiger partial charge in [-0.15, -0.1) is 5.10 Å². The summed E-state index contributed by atoms with van der Waals surface area (Å²) in [5.74, 6) is 0. The molecule has 2 aliphatic rings. The number of rotatable bonds is 3. The number of fused-ring (bicyclic) bond motifs is 2. The maximum absolute atomic E-state index is 6.10. The van der Waals surface area contributed by atoms with E-state index >= 15 is 0 Å². The molecule has 2 atom stereocenters. The molecule has 110 valence electrons. The third kappa shape index (κ3) is 2.56. The normalized spacial score (nSPS) is 28.7. The van der Waals surface area contributed by atoms with Crippen LogP contribution in [-0.2, 0) is 0 Å². The predicted octanol–water partition coefficient (Wildman–Crippen LogP) is 3.21. The first-order chi connectivity index (χ1) is 10.3.